The van der Waals surface area contributed by atoms with Gasteiger partial charge < -0.3 is 4.74 Å². The number of pyridine rings is 1. The number of rotatable bonds is 1. The van der Waals surface area contributed by atoms with E-state index >= 15 is 0 Å². The van der Waals surface area contributed by atoms with Gasteiger partial charge in [0.2, 0.25) is 11.8 Å². The predicted molar refractivity (Wildman–Crippen MR) is 66.1 cm³/mol. The Balaban J connectivity index is 1.80. The van der Waals surface area contributed by atoms with E-state index in [9.17, 15) is 9.59 Å². The molecule has 96 valence electrons. The Bertz CT molecular complexity index is 612. The average Bonchev–Trinajstić information content (AvgIpc) is 3.00. The standard InChI is InChI=1S/C14H12N2O3/c1-14-5-2-9(19-14)10-11(14)13(18)16(12(10)17)8-3-6-15-7-4-8/h2-7,9-11H,1H3/t9-,10+,11-,14+/m1/s1. The topological polar surface area (TPSA) is 59.5 Å². The van der Waals surface area contributed by atoms with E-state index in [0.717, 1.165) is 0 Å². The van der Waals surface area contributed by atoms with Crippen molar-refractivity contribution >= 4 is 17.5 Å². The molecule has 5 heteroatoms. The molecule has 0 aromatic carbocycles. The molecule has 1 aromatic heterocycles. The Hall–Kier alpha value is -2.01. The molecule has 3 aliphatic heterocycles. The van der Waals surface area contributed by atoms with Crippen molar-refractivity contribution < 1.29 is 14.3 Å². The van der Waals surface area contributed by atoms with Gasteiger partial charge in [0.1, 0.15) is 0 Å². The summed E-state index contributed by atoms with van der Waals surface area (Å²) in [5.74, 6) is -1.12. The molecule has 0 N–H and O–H groups in total. The van der Waals surface area contributed by atoms with Crippen molar-refractivity contribution in [1.29, 1.82) is 0 Å². The molecule has 1 aromatic rings. The molecule has 2 bridgehead atoms. The van der Waals surface area contributed by atoms with E-state index in [1.165, 1.54) is 4.90 Å². The smallest absolute Gasteiger partial charge is 0.241 e. The number of ether oxygens (including phenoxy) is 1. The lowest BCUT2D eigenvalue weighted by Crippen LogP contribution is -2.38. The third kappa shape index (κ3) is 1.20. The minimum atomic E-state index is -0.635. The molecular weight excluding hydrogens is 244 g/mol. The third-order valence-electron chi connectivity index (χ3n) is 4.25. The minimum absolute atomic E-state index is 0.167. The SMILES string of the molecule is C[C@@]12C=C[C@@H](O1)[C@@H]1C(=O)N(c3ccncc3)C(=O)[C@@H]12. The summed E-state index contributed by atoms with van der Waals surface area (Å²) in [5.41, 5.74) is -0.0495. The zero-order valence-corrected chi connectivity index (χ0v) is 10.3. The Kier molecular flexibility index (Phi) is 1.89. The highest BCUT2D eigenvalue weighted by molar-refractivity contribution is 6.23. The minimum Gasteiger partial charge on any atom is -0.362 e. The maximum Gasteiger partial charge on any atom is 0.241 e. The summed E-state index contributed by atoms with van der Waals surface area (Å²) in [6, 6.07) is 3.35. The molecule has 0 spiro atoms. The maximum atomic E-state index is 12.6. The first-order valence-corrected chi connectivity index (χ1v) is 6.27. The van der Waals surface area contributed by atoms with Crippen molar-refractivity contribution in [3.63, 3.8) is 0 Å². The van der Waals surface area contributed by atoms with Crippen LogP contribution in [-0.4, -0.2) is 28.5 Å². The van der Waals surface area contributed by atoms with Crippen LogP contribution in [0.2, 0.25) is 0 Å². The van der Waals surface area contributed by atoms with Gasteiger partial charge in [-0.15, -0.1) is 0 Å². The molecule has 0 unspecified atom stereocenters. The Morgan fingerprint density at radius 1 is 1.26 bits per heavy atom. The predicted octanol–water partition coefficient (Wildman–Crippen LogP) is 0.914. The van der Waals surface area contributed by atoms with E-state index in [4.69, 9.17) is 4.74 Å². The molecule has 2 saturated heterocycles. The van der Waals surface area contributed by atoms with E-state index < -0.39 is 11.5 Å². The number of nitrogens with zero attached hydrogens (tertiary/aromatic N) is 2. The van der Waals surface area contributed by atoms with Crippen LogP contribution in [0.25, 0.3) is 0 Å². The van der Waals surface area contributed by atoms with Crippen molar-refractivity contribution in [2.45, 2.75) is 18.6 Å². The monoisotopic (exact) mass is 256 g/mol. The third-order valence-corrected chi connectivity index (χ3v) is 4.25. The molecule has 2 amide bonds. The van der Waals surface area contributed by atoms with Crippen molar-refractivity contribution in [2.75, 3.05) is 4.90 Å². The molecule has 19 heavy (non-hydrogen) atoms. The first-order chi connectivity index (χ1) is 9.12. The van der Waals surface area contributed by atoms with Crippen molar-refractivity contribution in [3.8, 4) is 0 Å². The number of carbonyl (C=O) groups excluding carboxylic acids is 2. The number of amides is 2. The fourth-order valence-electron chi connectivity index (χ4n) is 3.40. The number of carbonyl (C=O) groups is 2. The zero-order valence-electron chi connectivity index (χ0n) is 10.3. The van der Waals surface area contributed by atoms with Gasteiger partial charge in [-0.2, -0.15) is 0 Å². The summed E-state index contributed by atoms with van der Waals surface area (Å²) in [7, 11) is 0. The van der Waals surface area contributed by atoms with Crippen molar-refractivity contribution in [1.82, 2.24) is 4.98 Å². The number of anilines is 1. The van der Waals surface area contributed by atoms with Crippen LogP contribution in [-0.2, 0) is 14.3 Å². The Morgan fingerprint density at radius 2 is 2.00 bits per heavy atom. The molecule has 4 heterocycles. The molecule has 3 aliphatic rings. The number of hydrogen-bond acceptors (Lipinski definition) is 4. The van der Waals surface area contributed by atoms with E-state index in [2.05, 4.69) is 4.98 Å². The quantitative estimate of drug-likeness (QED) is 0.553. The second kappa shape index (κ2) is 3.30. The molecule has 0 aliphatic carbocycles. The van der Waals surface area contributed by atoms with Gasteiger partial charge in [-0.25, -0.2) is 4.90 Å². The molecule has 4 rings (SSSR count). The van der Waals surface area contributed by atoms with E-state index in [0.29, 0.717) is 5.69 Å². The van der Waals surface area contributed by atoms with E-state index in [-0.39, 0.29) is 23.8 Å². The van der Waals surface area contributed by atoms with Crippen molar-refractivity contribution in [3.05, 3.63) is 36.7 Å². The van der Waals surface area contributed by atoms with Crippen LogP contribution in [0.5, 0.6) is 0 Å². The highest BCUT2D eigenvalue weighted by Crippen LogP contribution is 2.52. The lowest BCUT2D eigenvalue weighted by Gasteiger charge is -2.24. The number of imide groups is 1. The van der Waals surface area contributed by atoms with E-state index in [1.807, 2.05) is 19.1 Å². The maximum absolute atomic E-state index is 12.6. The highest BCUT2D eigenvalue weighted by atomic mass is 16.5. The first kappa shape index (κ1) is 10.9. The largest absolute Gasteiger partial charge is 0.362 e. The average molecular weight is 256 g/mol. The van der Waals surface area contributed by atoms with Crippen molar-refractivity contribution in [2.24, 2.45) is 11.8 Å². The van der Waals surface area contributed by atoms with Gasteiger partial charge >= 0.3 is 0 Å². The molecular formula is C14H12N2O3. The summed E-state index contributed by atoms with van der Waals surface area (Å²) in [6.07, 6.45) is 6.69. The van der Waals surface area contributed by atoms with Crippen LogP contribution in [0.3, 0.4) is 0 Å². The van der Waals surface area contributed by atoms with Gasteiger partial charge in [0.25, 0.3) is 0 Å². The summed E-state index contributed by atoms with van der Waals surface area (Å²) in [6.45, 7) is 1.87. The van der Waals surface area contributed by atoms with Gasteiger partial charge in [-0.3, -0.25) is 14.6 Å². The second-order valence-electron chi connectivity index (χ2n) is 5.35. The summed E-state index contributed by atoms with van der Waals surface area (Å²) >= 11 is 0. The van der Waals surface area contributed by atoms with Crippen LogP contribution in [0.4, 0.5) is 5.69 Å². The second-order valence-corrected chi connectivity index (χ2v) is 5.35. The van der Waals surface area contributed by atoms with Crippen LogP contribution in [0, 0.1) is 11.8 Å². The molecule has 0 saturated carbocycles. The van der Waals surface area contributed by atoms with Crippen LogP contribution in [0.1, 0.15) is 6.92 Å². The Labute approximate surface area is 109 Å². The number of hydrogen-bond donors (Lipinski definition) is 0. The summed E-state index contributed by atoms with van der Waals surface area (Å²) in [5, 5.41) is 0. The van der Waals surface area contributed by atoms with Crippen LogP contribution >= 0.6 is 0 Å². The summed E-state index contributed by atoms with van der Waals surface area (Å²) < 4.78 is 5.76. The lowest BCUT2D eigenvalue weighted by atomic mass is 9.78. The fraction of sp³-hybridized carbons (Fsp3) is 0.357. The lowest BCUT2D eigenvalue weighted by molar-refractivity contribution is -0.126. The van der Waals surface area contributed by atoms with Gasteiger partial charge in [0.05, 0.1) is 29.2 Å². The Morgan fingerprint density at radius 3 is 2.68 bits per heavy atom. The first-order valence-electron chi connectivity index (χ1n) is 6.27. The molecule has 5 nitrogen and oxygen atoms in total. The van der Waals surface area contributed by atoms with Crippen LogP contribution in [0.15, 0.2) is 36.7 Å². The summed E-state index contributed by atoms with van der Waals surface area (Å²) in [4.78, 5) is 30.2. The highest BCUT2D eigenvalue weighted by Gasteiger charge is 2.65. The fourth-order valence-corrected chi connectivity index (χ4v) is 3.40. The normalized spacial score (nSPS) is 39.2. The van der Waals surface area contributed by atoms with Gasteiger partial charge in [-0.1, -0.05) is 12.2 Å². The van der Waals surface area contributed by atoms with Gasteiger partial charge in [0, 0.05) is 12.4 Å². The van der Waals surface area contributed by atoms with Gasteiger partial charge in [-0.05, 0) is 19.1 Å². The molecule has 4 atom stereocenters. The van der Waals surface area contributed by atoms with Crippen LogP contribution < -0.4 is 4.90 Å². The molecule has 0 radical (unpaired) electrons. The van der Waals surface area contributed by atoms with Gasteiger partial charge in [0.15, 0.2) is 0 Å². The number of fused-ring (bicyclic) bond motifs is 5. The molecule has 2 fully saturated rings. The number of aromatic nitrogens is 1. The zero-order chi connectivity index (χ0) is 13.2. The van der Waals surface area contributed by atoms with E-state index in [1.54, 1.807) is 24.5 Å².